The largest absolute Gasteiger partial charge is 0.277 e. The van der Waals surface area contributed by atoms with Gasteiger partial charge in [0.1, 0.15) is 0 Å². The summed E-state index contributed by atoms with van der Waals surface area (Å²) >= 11 is 0. The van der Waals surface area contributed by atoms with E-state index >= 15 is 0 Å². The van der Waals surface area contributed by atoms with Crippen LogP contribution in [-0.2, 0) is 9.59 Å². The smallest absolute Gasteiger partial charge is 0.233 e. The molecule has 1 rings (SSSR count). The van der Waals surface area contributed by atoms with Crippen LogP contribution in [0.5, 0.6) is 0 Å². The van der Waals surface area contributed by atoms with E-state index in [0.29, 0.717) is 6.42 Å². The molecular formula is C14H25NO2. The quantitative estimate of drug-likeness (QED) is 0.707. The Hall–Kier alpha value is -0.860. The number of hydrogen-bond donors (Lipinski definition) is 0. The van der Waals surface area contributed by atoms with Crippen LogP contribution in [0.3, 0.4) is 0 Å². The summed E-state index contributed by atoms with van der Waals surface area (Å²) in [7, 11) is 0. The standard InChI is InChI=1S/C14H25NO2/c1-7-13(3,4)9-14(5,6)15-11(16)8-10(2)12(15)17/h10H,7-9H2,1-6H3. The maximum atomic E-state index is 12.0. The molecule has 17 heavy (non-hydrogen) atoms. The molecule has 1 atom stereocenters. The van der Waals surface area contributed by atoms with Crippen LogP contribution in [0.15, 0.2) is 0 Å². The Morgan fingerprint density at radius 2 is 1.76 bits per heavy atom. The molecule has 1 fully saturated rings. The minimum atomic E-state index is -0.377. The summed E-state index contributed by atoms with van der Waals surface area (Å²) in [6.07, 6.45) is 2.26. The van der Waals surface area contributed by atoms with Crippen molar-refractivity contribution in [3.8, 4) is 0 Å². The summed E-state index contributed by atoms with van der Waals surface area (Å²) < 4.78 is 0. The van der Waals surface area contributed by atoms with Crippen molar-refractivity contribution in [2.75, 3.05) is 0 Å². The van der Waals surface area contributed by atoms with Gasteiger partial charge >= 0.3 is 0 Å². The lowest BCUT2D eigenvalue weighted by Gasteiger charge is -2.40. The monoisotopic (exact) mass is 239 g/mol. The zero-order valence-corrected chi connectivity index (χ0v) is 12.0. The Balaban J connectivity index is 2.91. The number of likely N-dealkylation sites (tertiary alicyclic amines) is 1. The van der Waals surface area contributed by atoms with Gasteiger partial charge in [-0.15, -0.1) is 0 Å². The third-order valence-electron chi connectivity index (χ3n) is 3.85. The van der Waals surface area contributed by atoms with Crippen LogP contribution in [0, 0.1) is 11.3 Å². The number of rotatable bonds is 4. The van der Waals surface area contributed by atoms with Gasteiger partial charge in [-0.1, -0.05) is 34.1 Å². The maximum absolute atomic E-state index is 12.0. The average molecular weight is 239 g/mol. The lowest BCUT2D eigenvalue weighted by atomic mass is 9.77. The van der Waals surface area contributed by atoms with Crippen LogP contribution < -0.4 is 0 Å². The summed E-state index contributed by atoms with van der Waals surface area (Å²) in [4.78, 5) is 25.5. The Morgan fingerprint density at radius 1 is 1.24 bits per heavy atom. The highest BCUT2D eigenvalue weighted by molar-refractivity contribution is 6.04. The van der Waals surface area contributed by atoms with Crippen molar-refractivity contribution in [3.63, 3.8) is 0 Å². The van der Waals surface area contributed by atoms with E-state index in [-0.39, 0.29) is 28.7 Å². The average Bonchev–Trinajstić information content (AvgIpc) is 2.39. The van der Waals surface area contributed by atoms with Gasteiger partial charge in [0.05, 0.1) is 0 Å². The van der Waals surface area contributed by atoms with Gasteiger partial charge in [0.2, 0.25) is 11.8 Å². The van der Waals surface area contributed by atoms with E-state index in [9.17, 15) is 9.59 Å². The molecule has 0 aromatic heterocycles. The first-order valence-electron chi connectivity index (χ1n) is 6.47. The summed E-state index contributed by atoms with van der Waals surface area (Å²) in [5.74, 6) is -0.169. The molecule has 1 heterocycles. The van der Waals surface area contributed by atoms with Gasteiger partial charge in [0.15, 0.2) is 0 Å². The number of amides is 2. The second kappa shape index (κ2) is 4.43. The zero-order valence-electron chi connectivity index (χ0n) is 12.0. The van der Waals surface area contributed by atoms with Crippen LogP contribution in [0.4, 0.5) is 0 Å². The summed E-state index contributed by atoms with van der Waals surface area (Å²) in [5.41, 5.74) is -0.228. The number of carbonyl (C=O) groups is 2. The molecule has 3 nitrogen and oxygen atoms in total. The third-order valence-corrected chi connectivity index (χ3v) is 3.85. The molecule has 98 valence electrons. The second-order valence-electron chi connectivity index (χ2n) is 6.68. The van der Waals surface area contributed by atoms with E-state index in [2.05, 4.69) is 20.8 Å². The van der Waals surface area contributed by atoms with E-state index in [1.165, 1.54) is 4.90 Å². The molecule has 0 spiro atoms. The van der Waals surface area contributed by atoms with Crippen LogP contribution in [-0.4, -0.2) is 22.3 Å². The third kappa shape index (κ3) is 2.88. The molecule has 0 radical (unpaired) electrons. The highest BCUT2D eigenvalue weighted by Gasteiger charge is 2.45. The predicted octanol–water partition coefficient (Wildman–Crippen LogP) is 2.99. The molecule has 2 amide bonds. The molecule has 0 bridgehead atoms. The van der Waals surface area contributed by atoms with E-state index in [0.717, 1.165) is 12.8 Å². The molecular weight excluding hydrogens is 214 g/mol. The molecule has 0 aromatic rings. The van der Waals surface area contributed by atoms with Gasteiger partial charge in [-0.2, -0.15) is 0 Å². The number of imide groups is 1. The van der Waals surface area contributed by atoms with Gasteiger partial charge in [-0.25, -0.2) is 0 Å². The fourth-order valence-corrected chi connectivity index (χ4v) is 2.79. The van der Waals surface area contributed by atoms with Crippen molar-refractivity contribution in [1.82, 2.24) is 4.90 Å². The topological polar surface area (TPSA) is 37.4 Å². The van der Waals surface area contributed by atoms with Gasteiger partial charge in [0.25, 0.3) is 0 Å². The van der Waals surface area contributed by atoms with Gasteiger partial charge < -0.3 is 0 Å². The highest BCUT2D eigenvalue weighted by Crippen LogP contribution is 2.37. The van der Waals surface area contributed by atoms with Crippen molar-refractivity contribution >= 4 is 11.8 Å². The first-order chi connectivity index (χ1) is 7.60. The van der Waals surface area contributed by atoms with Crippen LogP contribution in [0.25, 0.3) is 0 Å². The number of nitrogens with zero attached hydrogens (tertiary/aromatic N) is 1. The van der Waals surface area contributed by atoms with E-state index < -0.39 is 0 Å². The SMILES string of the molecule is CCC(C)(C)CC(C)(C)N1C(=O)CC(C)C1=O. The van der Waals surface area contributed by atoms with Gasteiger partial charge in [0, 0.05) is 17.9 Å². The fourth-order valence-electron chi connectivity index (χ4n) is 2.79. The first kappa shape index (κ1) is 14.2. The minimum Gasteiger partial charge on any atom is -0.277 e. The molecule has 3 heteroatoms. The molecule has 0 aliphatic carbocycles. The molecule has 1 aliphatic heterocycles. The first-order valence-corrected chi connectivity index (χ1v) is 6.47. The summed E-state index contributed by atoms with van der Waals surface area (Å²) in [6.45, 7) is 12.3. The Kier molecular flexibility index (Phi) is 3.70. The molecule has 1 aliphatic rings. The van der Waals surface area contributed by atoms with Gasteiger partial charge in [-0.05, 0) is 25.7 Å². The van der Waals surface area contributed by atoms with Crippen molar-refractivity contribution in [2.24, 2.45) is 11.3 Å². The molecule has 1 unspecified atom stereocenters. The molecule has 0 N–H and O–H groups in total. The lowest BCUT2D eigenvalue weighted by Crippen LogP contribution is -2.49. The Morgan fingerprint density at radius 3 is 2.12 bits per heavy atom. The van der Waals surface area contributed by atoms with Crippen LogP contribution in [0.2, 0.25) is 0 Å². The van der Waals surface area contributed by atoms with Crippen molar-refractivity contribution in [1.29, 1.82) is 0 Å². The maximum Gasteiger partial charge on any atom is 0.233 e. The van der Waals surface area contributed by atoms with E-state index in [1.807, 2.05) is 20.8 Å². The Labute approximate surface area is 105 Å². The number of hydrogen-bond acceptors (Lipinski definition) is 2. The second-order valence-corrected chi connectivity index (χ2v) is 6.68. The van der Waals surface area contributed by atoms with Crippen molar-refractivity contribution in [3.05, 3.63) is 0 Å². The molecule has 1 saturated heterocycles. The van der Waals surface area contributed by atoms with Crippen LogP contribution in [0.1, 0.15) is 60.8 Å². The fraction of sp³-hybridized carbons (Fsp3) is 0.857. The normalized spacial score (nSPS) is 22.5. The van der Waals surface area contributed by atoms with Crippen LogP contribution >= 0.6 is 0 Å². The minimum absolute atomic E-state index is 0.00750. The summed E-state index contributed by atoms with van der Waals surface area (Å²) in [6, 6.07) is 0. The molecule has 0 aromatic carbocycles. The molecule has 0 saturated carbocycles. The van der Waals surface area contributed by atoms with Crippen molar-refractivity contribution < 1.29 is 9.59 Å². The zero-order chi connectivity index (χ0) is 13.4. The summed E-state index contributed by atoms with van der Waals surface area (Å²) in [5, 5.41) is 0. The number of carbonyl (C=O) groups excluding carboxylic acids is 2. The van der Waals surface area contributed by atoms with E-state index in [1.54, 1.807) is 0 Å². The van der Waals surface area contributed by atoms with Gasteiger partial charge in [-0.3, -0.25) is 14.5 Å². The lowest BCUT2D eigenvalue weighted by molar-refractivity contribution is -0.146. The van der Waals surface area contributed by atoms with Crippen molar-refractivity contribution in [2.45, 2.75) is 66.3 Å². The Bertz CT molecular complexity index is 331. The predicted molar refractivity (Wildman–Crippen MR) is 68.4 cm³/mol. The van der Waals surface area contributed by atoms with E-state index in [4.69, 9.17) is 0 Å². The highest BCUT2D eigenvalue weighted by atomic mass is 16.2.